The van der Waals surface area contributed by atoms with Crippen LogP contribution >= 0.6 is 0 Å². The van der Waals surface area contributed by atoms with E-state index in [4.69, 9.17) is 5.73 Å². The molecule has 92 valence electrons. The maximum atomic E-state index is 12.5. The highest BCUT2D eigenvalue weighted by Gasteiger charge is 2.16. The third-order valence-corrected chi connectivity index (χ3v) is 2.97. The summed E-state index contributed by atoms with van der Waals surface area (Å²) in [6.45, 7) is 0. The molecule has 0 fully saturated rings. The molecule has 2 aromatic heterocycles. The van der Waals surface area contributed by atoms with Gasteiger partial charge in [0.1, 0.15) is 5.69 Å². The van der Waals surface area contributed by atoms with Gasteiger partial charge in [-0.15, -0.1) is 0 Å². The normalized spacial score (nSPS) is 10.5. The van der Waals surface area contributed by atoms with E-state index in [0.29, 0.717) is 11.3 Å². The van der Waals surface area contributed by atoms with E-state index in [1.54, 1.807) is 30.7 Å². The minimum atomic E-state index is -0.206. The lowest BCUT2D eigenvalue weighted by atomic mass is 10.0. The maximum absolute atomic E-state index is 12.5. The fourth-order valence-electron chi connectivity index (χ4n) is 2.03. The van der Waals surface area contributed by atoms with Crippen molar-refractivity contribution in [1.82, 2.24) is 9.97 Å². The first kappa shape index (κ1) is 11.3. The van der Waals surface area contributed by atoms with Crippen LogP contribution in [-0.4, -0.2) is 15.8 Å². The number of benzene rings is 1. The van der Waals surface area contributed by atoms with Crippen LogP contribution in [-0.2, 0) is 0 Å². The van der Waals surface area contributed by atoms with Gasteiger partial charge in [-0.2, -0.15) is 0 Å². The average Bonchev–Trinajstić information content (AvgIpc) is 2.46. The minimum Gasteiger partial charge on any atom is -0.397 e. The highest BCUT2D eigenvalue weighted by molar-refractivity contribution is 6.17. The average molecular weight is 249 g/mol. The molecule has 0 aliphatic rings. The van der Waals surface area contributed by atoms with E-state index in [1.165, 1.54) is 0 Å². The SMILES string of the molecule is Nc1cccnc1C(=O)c1cncc2ccccc12. The van der Waals surface area contributed by atoms with Crippen molar-refractivity contribution in [3.05, 3.63) is 66.2 Å². The van der Waals surface area contributed by atoms with Gasteiger partial charge in [0.25, 0.3) is 0 Å². The Morgan fingerprint density at radius 3 is 2.74 bits per heavy atom. The van der Waals surface area contributed by atoms with Crippen LogP contribution < -0.4 is 5.73 Å². The van der Waals surface area contributed by atoms with Crippen molar-refractivity contribution in [2.45, 2.75) is 0 Å². The van der Waals surface area contributed by atoms with E-state index in [0.717, 1.165) is 10.8 Å². The summed E-state index contributed by atoms with van der Waals surface area (Å²) in [5, 5.41) is 1.77. The number of nitrogens with zero attached hydrogens (tertiary/aromatic N) is 2. The number of rotatable bonds is 2. The second-order valence-electron chi connectivity index (χ2n) is 4.18. The number of hydrogen-bond donors (Lipinski definition) is 1. The van der Waals surface area contributed by atoms with E-state index in [-0.39, 0.29) is 11.5 Å². The molecular weight excluding hydrogens is 238 g/mol. The molecule has 3 rings (SSSR count). The molecule has 0 aliphatic carbocycles. The number of pyridine rings is 2. The number of aromatic nitrogens is 2. The van der Waals surface area contributed by atoms with Gasteiger partial charge in [0.2, 0.25) is 5.78 Å². The molecular formula is C15H11N3O. The highest BCUT2D eigenvalue weighted by Crippen LogP contribution is 2.21. The zero-order valence-electron chi connectivity index (χ0n) is 10.1. The van der Waals surface area contributed by atoms with Gasteiger partial charge in [-0.25, -0.2) is 0 Å². The van der Waals surface area contributed by atoms with Crippen molar-refractivity contribution in [3.63, 3.8) is 0 Å². The van der Waals surface area contributed by atoms with E-state index >= 15 is 0 Å². The number of anilines is 1. The maximum Gasteiger partial charge on any atom is 0.215 e. The number of nitrogens with two attached hydrogens (primary N) is 1. The zero-order chi connectivity index (χ0) is 13.2. The zero-order valence-corrected chi connectivity index (χ0v) is 10.1. The minimum absolute atomic E-state index is 0.206. The molecule has 0 atom stereocenters. The Labute approximate surface area is 109 Å². The van der Waals surface area contributed by atoms with Crippen molar-refractivity contribution in [2.24, 2.45) is 0 Å². The number of carbonyl (C=O) groups excluding carboxylic acids is 1. The standard InChI is InChI=1S/C15H11N3O/c16-13-6-3-7-18-14(13)15(19)12-9-17-8-10-4-1-2-5-11(10)12/h1-9H,16H2. The van der Waals surface area contributed by atoms with Gasteiger partial charge in [0, 0.05) is 24.0 Å². The summed E-state index contributed by atoms with van der Waals surface area (Å²) < 4.78 is 0. The summed E-state index contributed by atoms with van der Waals surface area (Å²) in [4.78, 5) is 20.7. The molecule has 0 aliphatic heterocycles. The van der Waals surface area contributed by atoms with Crippen LogP contribution in [0.4, 0.5) is 5.69 Å². The lowest BCUT2D eigenvalue weighted by Crippen LogP contribution is -2.08. The topological polar surface area (TPSA) is 68.9 Å². The molecule has 3 aromatic rings. The molecule has 0 radical (unpaired) electrons. The summed E-state index contributed by atoms with van der Waals surface area (Å²) in [7, 11) is 0. The van der Waals surface area contributed by atoms with E-state index in [9.17, 15) is 4.79 Å². The van der Waals surface area contributed by atoms with Crippen molar-refractivity contribution in [1.29, 1.82) is 0 Å². The number of ketones is 1. The van der Waals surface area contributed by atoms with Gasteiger partial charge < -0.3 is 5.73 Å². The molecule has 19 heavy (non-hydrogen) atoms. The Bertz CT molecular complexity index is 763. The van der Waals surface area contributed by atoms with Gasteiger partial charge in [0.05, 0.1) is 11.3 Å². The van der Waals surface area contributed by atoms with Crippen LogP contribution in [0.5, 0.6) is 0 Å². The fourth-order valence-corrected chi connectivity index (χ4v) is 2.03. The molecule has 2 N–H and O–H groups in total. The third-order valence-electron chi connectivity index (χ3n) is 2.97. The first-order valence-corrected chi connectivity index (χ1v) is 5.85. The summed E-state index contributed by atoms with van der Waals surface area (Å²) in [6, 6.07) is 11.0. The molecule has 1 aromatic carbocycles. The Morgan fingerprint density at radius 1 is 1.05 bits per heavy atom. The lowest BCUT2D eigenvalue weighted by molar-refractivity contribution is 0.103. The van der Waals surface area contributed by atoms with Crippen LogP contribution in [0.1, 0.15) is 16.1 Å². The van der Waals surface area contributed by atoms with E-state index in [2.05, 4.69) is 9.97 Å². The summed E-state index contributed by atoms with van der Waals surface area (Å²) in [5.41, 5.74) is 6.96. The van der Waals surface area contributed by atoms with Gasteiger partial charge in [-0.1, -0.05) is 24.3 Å². The van der Waals surface area contributed by atoms with Crippen molar-refractivity contribution < 1.29 is 4.79 Å². The third kappa shape index (κ3) is 1.93. The summed E-state index contributed by atoms with van der Waals surface area (Å²) in [6.07, 6.45) is 4.84. The van der Waals surface area contributed by atoms with Gasteiger partial charge >= 0.3 is 0 Å². The Morgan fingerprint density at radius 2 is 1.89 bits per heavy atom. The number of hydrogen-bond acceptors (Lipinski definition) is 4. The van der Waals surface area contributed by atoms with Crippen molar-refractivity contribution >= 4 is 22.2 Å². The monoisotopic (exact) mass is 249 g/mol. The molecule has 0 saturated heterocycles. The molecule has 0 saturated carbocycles. The molecule has 4 nitrogen and oxygen atoms in total. The predicted octanol–water partition coefficient (Wildman–Crippen LogP) is 2.44. The fraction of sp³-hybridized carbons (Fsp3) is 0. The van der Waals surface area contributed by atoms with Crippen molar-refractivity contribution in [3.8, 4) is 0 Å². The highest BCUT2D eigenvalue weighted by atomic mass is 16.1. The summed E-state index contributed by atoms with van der Waals surface area (Å²) >= 11 is 0. The van der Waals surface area contributed by atoms with Gasteiger partial charge in [0.15, 0.2) is 0 Å². The van der Waals surface area contributed by atoms with Crippen LogP contribution in [0, 0.1) is 0 Å². The second kappa shape index (κ2) is 4.49. The number of carbonyl (C=O) groups is 1. The molecule has 0 unspecified atom stereocenters. The van der Waals surface area contributed by atoms with Gasteiger partial charge in [-0.3, -0.25) is 14.8 Å². The molecule has 0 amide bonds. The van der Waals surface area contributed by atoms with Crippen molar-refractivity contribution in [2.75, 3.05) is 5.73 Å². The first-order chi connectivity index (χ1) is 9.27. The number of nitrogen functional groups attached to an aromatic ring is 1. The summed E-state index contributed by atoms with van der Waals surface area (Å²) in [5.74, 6) is -0.206. The van der Waals surface area contributed by atoms with Crippen LogP contribution in [0.3, 0.4) is 0 Å². The molecule has 2 heterocycles. The Kier molecular flexibility index (Phi) is 2.68. The predicted molar refractivity (Wildman–Crippen MR) is 73.8 cm³/mol. The molecule has 0 spiro atoms. The van der Waals surface area contributed by atoms with Crippen LogP contribution in [0.2, 0.25) is 0 Å². The lowest BCUT2D eigenvalue weighted by Gasteiger charge is -2.06. The number of fused-ring (bicyclic) bond motifs is 1. The quantitative estimate of drug-likeness (QED) is 0.708. The Hall–Kier alpha value is -2.75. The Balaban J connectivity index is 2.20. The smallest absolute Gasteiger partial charge is 0.215 e. The first-order valence-electron chi connectivity index (χ1n) is 5.85. The largest absolute Gasteiger partial charge is 0.397 e. The van der Waals surface area contributed by atoms with E-state index < -0.39 is 0 Å². The van der Waals surface area contributed by atoms with Crippen LogP contribution in [0.15, 0.2) is 55.0 Å². The van der Waals surface area contributed by atoms with E-state index in [1.807, 2.05) is 24.3 Å². The molecule has 0 bridgehead atoms. The van der Waals surface area contributed by atoms with Gasteiger partial charge in [-0.05, 0) is 17.5 Å². The van der Waals surface area contributed by atoms with Crippen LogP contribution in [0.25, 0.3) is 10.8 Å². The second-order valence-corrected chi connectivity index (χ2v) is 4.18. The molecule has 4 heteroatoms.